The lowest BCUT2D eigenvalue weighted by atomic mass is 9.97. The first-order chi connectivity index (χ1) is 17.3. The summed E-state index contributed by atoms with van der Waals surface area (Å²) in [7, 11) is 0. The van der Waals surface area contributed by atoms with Gasteiger partial charge in [0.15, 0.2) is 0 Å². The molecule has 5 aromatic rings. The highest BCUT2D eigenvalue weighted by molar-refractivity contribution is 7.10. The van der Waals surface area contributed by atoms with Crippen LogP contribution in [0, 0.1) is 6.92 Å². The molecule has 0 amide bonds. The summed E-state index contributed by atoms with van der Waals surface area (Å²) < 4.78 is 7.78. The highest BCUT2D eigenvalue weighted by atomic mass is 32.1. The third-order valence-electron chi connectivity index (χ3n) is 6.89. The quantitative estimate of drug-likeness (QED) is 0.264. The summed E-state index contributed by atoms with van der Waals surface area (Å²) in [5, 5.41) is 7.74. The summed E-state index contributed by atoms with van der Waals surface area (Å²) in [5.41, 5.74) is 6.56. The lowest BCUT2D eigenvalue weighted by molar-refractivity contribution is 0.204. The Bertz CT molecular complexity index is 1400. The predicted octanol–water partition coefficient (Wildman–Crippen LogP) is 6.94. The van der Waals surface area contributed by atoms with Crippen molar-refractivity contribution in [1.29, 1.82) is 0 Å². The second-order valence-corrected chi connectivity index (χ2v) is 10.1. The molecule has 4 heterocycles. The van der Waals surface area contributed by atoms with Gasteiger partial charge in [0.25, 0.3) is 0 Å². The molecule has 6 heteroatoms. The maximum Gasteiger partial charge on any atom is 0.143 e. The van der Waals surface area contributed by atoms with Crippen molar-refractivity contribution in [2.75, 3.05) is 13.1 Å². The molecule has 0 radical (unpaired) electrons. The first-order valence-corrected chi connectivity index (χ1v) is 13.1. The minimum absolute atomic E-state index is 0.505. The van der Waals surface area contributed by atoms with E-state index in [9.17, 15) is 0 Å². The molecule has 0 saturated carbocycles. The second-order valence-electron chi connectivity index (χ2n) is 9.17. The number of hydrogen-bond donors (Lipinski definition) is 0. The zero-order chi connectivity index (χ0) is 23.6. The molecule has 2 aromatic carbocycles. The van der Waals surface area contributed by atoms with Gasteiger partial charge in [-0.15, -0.1) is 11.3 Å². The fraction of sp³-hybridized carbons (Fsp3) is 0.241. The number of nitrogens with zero attached hydrogens (tertiary/aromatic N) is 4. The van der Waals surface area contributed by atoms with E-state index in [1.807, 2.05) is 25.1 Å². The molecule has 0 bridgehead atoms. The van der Waals surface area contributed by atoms with E-state index in [0.29, 0.717) is 5.92 Å². The zero-order valence-corrected chi connectivity index (χ0v) is 20.6. The molecule has 0 N–H and O–H groups in total. The lowest BCUT2D eigenvalue weighted by Crippen LogP contribution is -2.32. The average molecular weight is 481 g/mol. The molecular weight excluding hydrogens is 452 g/mol. The van der Waals surface area contributed by atoms with E-state index < -0.39 is 0 Å². The van der Waals surface area contributed by atoms with Gasteiger partial charge in [-0.05, 0) is 56.6 Å². The van der Waals surface area contributed by atoms with Crippen LogP contribution >= 0.6 is 11.3 Å². The molecule has 1 fully saturated rings. The smallest absolute Gasteiger partial charge is 0.143 e. The van der Waals surface area contributed by atoms with Crippen LogP contribution in [-0.4, -0.2) is 32.7 Å². The Hall–Kier alpha value is -3.48. The molecule has 0 aliphatic carbocycles. The molecular formula is C29H28N4OS. The first-order valence-electron chi connectivity index (χ1n) is 12.2. The number of para-hydroxylation sites is 1. The number of likely N-dealkylation sites (tertiary alicyclic amines) is 1. The Morgan fingerprint density at radius 3 is 2.49 bits per heavy atom. The van der Waals surface area contributed by atoms with Gasteiger partial charge in [0, 0.05) is 41.5 Å². The summed E-state index contributed by atoms with van der Waals surface area (Å²) in [5.74, 6) is 1.32. The summed E-state index contributed by atoms with van der Waals surface area (Å²) in [6.07, 6.45) is 6.50. The van der Waals surface area contributed by atoms with Gasteiger partial charge in [-0.25, -0.2) is 4.98 Å². The van der Waals surface area contributed by atoms with Crippen LogP contribution < -0.4 is 0 Å². The Balaban J connectivity index is 1.15. The van der Waals surface area contributed by atoms with Crippen LogP contribution in [0.25, 0.3) is 28.2 Å². The van der Waals surface area contributed by atoms with Crippen molar-refractivity contribution in [3.05, 3.63) is 101 Å². The monoisotopic (exact) mass is 480 g/mol. The highest BCUT2D eigenvalue weighted by Gasteiger charge is 2.25. The van der Waals surface area contributed by atoms with Gasteiger partial charge in [0.1, 0.15) is 11.5 Å². The molecule has 0 spiro atoms. The minimum Gasteiger partial charge on any atom is -0.360 e. The minimum atomic E-state index is 0.505. The lowest BCUT2D eigenvalue weighted by Gasteiger charge is -2.31. The topological polar surface area (TPSA) is 47.1 Å². The third kappa shape index (κ3) is 4.47. The Morgan fingerprint density at radius 1 is 0.943 bits per heavy atom. The van der Waals surface area contributed by atoms with Gasteiger partial charge in [-0.3, -0.25) is 4.90 Å². The second kappa shape index (κ2) is 9.64. The number of thiazole rings is 1. The molecule has 0 unspecified atom stereocenters. The van der Waals surface area contributed by atoms with Gasteiger partial charge in [0.05, 0.1) is 16.3 Å². The predicted molar refractivity (Wildman–Crippen MR) is 141 cm³/mol. The van der Waals surface area contributed by atoms with Gasteiger partial charge >= 0.3 is 0 Å². The summed E-state index contributed by atoms with van der Waals surface area (Å²) >= 11 is 1.77. The Morgan fingerprint density at radius 2 is 1.69 bits per heavy atom. The van der Waals surface area contributed by atoms with E-state index in [-0.39, 0.29) is 0 Å². The van der Waals surface area contributed by atoms with Crippen molar-refractivity contribution in [2.24, 2.45) is 0 Å². The fourth-order valence-corrected chi connectivity index (χ4v) is 6.01. The SMILES string of the molecule is Cc1onc(-c2ccccc2)c1-c1csc(C2CCN(Cc3ccccc3-n3cccc3)CC2)n1. The Kier molecular flexibility index (Phi) is 6.06. The van der Waals surface area contributed by atoms with Crippen LogP contribution in [0.1, 0.15) is 35.1 Å². The standard InChI is InChI=1S/C29H28N4OS/c1-21-27(28(31-34-21)22-9-3-2-4-10-22)25-20-35-29(30-25)23-13-17-32(18-14-23)19-24-11-5-6-12-26(24)33-15-7-8-16-33/h2-12,15-16,20,23H,13-14,17-19H2,1H3. The van der Waals surface area contributed by atoms with Gasteiger partial charge in [0.2, 0.25) is 0 Å². The molecule has 1 saturated heterocycles. The number of aryl methyl sites for hydroxylation is 1. The molecule has 5 nitrogen and oxygen atoms in total. The molecule has 3 aromatic heterocycles. The van der Waals surface area contributed by atoms with Crippen molar-refractivity contribution >= 4 is 11.3 Å². The summed E-state index contributed by atoms with van der Waals surface area (Å²) in [6, 6.07) is 23.1. The van der Waals surface area contributed by atoms with Crippen molar-refractivity contribution in [3.63, 3.8) is 0 Å². The molecule has 6 rings (SSSR count). The van der Waals surface area contributed by atoms with E-state index in [1.165, 1.54) is 16.3 Å². The van der Waals surface area contributed by atoms with E-state index in [0.717, 1.165) is 60.8 Å². The molecule has 0 atom stereocenters. The average Bonchev–Trinajstić information content (AvgIpc) is 3.67. The number of rotatable bonds is 6. The van der Waals surface area contributed by atoms with Crippen LogP contribution in [-0.2, 0) is 6.54 Å². The molecule has 1 aliphatic heterocycles. The van der Waals surface area contributed by atoms with E-state index in [1.54, 1.807) is 11.3 Å². The van der Waals surface area contributed by atoms with Gasteiger partial charge in [-0.2, -0.15) is 0 Å². The van der Waals surface area contributed by atoms with Gasteiger partial charge < -0.3 is 9.09 Å². The van der Waals surface area contributed by atoms with Crippen molar-refractivity contribution in [1.82, 2.24) is 19.6 Å². The zero-order valence-electron chi connectivity index (χ0n) is 19.8. The van der Waals surface area contributed by atoms with Crippen LogP contribution in [0.2, 0.25) is 0 Å². The Labute approximate surface area is 209 Å². The number of hydrogen-bond acceptors (Lipinski definition) is 5. The van der Waals surface area contributed by atoms with E-state index in [2.05, 4.69) is 80.9 Å². The van der Waals surface area contributed by atoms with Crippen molar-refractivity contribution in [3.8, 4) is 28.2 Å². The van der Waals surface area contributed by atoms with Crippen LogP contribution in [0.3, 0.4) is 0 Å². The molecule has 176 valence electrons. The number of benzene rings is 2. The maximum atomic E-state index is 5.57. The van der Waals surface area contributed by atoms with Crippen LogP contribution in [0.15, 0.2) is 89.0 Å². The normalized spacial score (nSPS) is 15.0. The van der Waals surface area contributed by atoms with E-state index in [4.69, 9.17) is 9.51 Å². The molecule has 35 heavy (non-hydrogen) atoms. The first kappa shape index (κ1) is 22.0. The van der Waals surface area contributed by atoms with Gasteiger partial charge in [-0.1, -0.05) is 53.7 Å². The van der Waals surface area contributed by atoms with Crippen LogP contribution in [0.5, 0.6) is 0 Å². The third-order valence-corrected chi connectivity index (χ3v) is 7.90. The van der Waals surface area contributed by atoms with E-state index >= 15 is 0 Å². The number of piperidine rings is 1. The molecule has 1 aliphatic rings. The summed E-state index contributed by atoms with van der Waals surface area (Å²) in [6.45, 7) is 5.12. The maximum absolute atomic E-state index is 5.57. The number of aromatic nitrogens is 3. The fourth-order valence-electron chi connectivity index (χ4n) is 5.03. The highest BCUT2D eigenvalue weighted by Crippen LogP contribution is 2.38. The largest absolute Gasteiger partial charge is 0.360 e. The van der Waals surface area contributed by atoms with Crippen LogP contribution in [0.4, 0.5) is 0 Å². The summed E-state index contributed by atoms with van der Waals surface area (Å²) in [4.78, 5) is 7.65. The van der Waals surface area contributed by atoms with Crippen molar-refractivity contribution < 1.29 is 4.52 Å². The van der Waals surface area contributed by atoms with Crippen molar-refractivity contribution in [2.45, 2.75) is 32.2 Å².